The van der Waals surface area contributed by atoms with Gasteiger partial charge in [-0.15, -0.1) is 0 Å². The van der Waals surface area contributed by atoms with Crippen LogP contribution in [-0.2, 0) is 15.6 Å². The van der Waals surface area contributed by atoms with Crippen LogP contribution in [0.3, 0.4) is 0 Å². The zero-order valence-corrected chi connectivity index (χ0v) is 15.4. The van der Waals surface area contributed by atoms with Gasteiger partial charge in [0.15, 0.2) is 9.84 Å². The summed E-state index contributed by atoms with van der Waals surface area (Å²) in [6, 6.07) is 7.58. The van der Waals surface area contributed by atoms with Crippen molar-refractivity contribution in [2.45, 2.75) is 50.7 Å². The van der Waals surface area contributed by atoms with Crippen LogP contribution in [0, 0.1) is 0 Å². The molecule has 27 heavy (non-hydrogen) atoms. The molecule has 9 heteroatoms. The maximum atomic E-state index is 14.4. The number of hydrogen-bond acceptors (Lipinski definition) is 2. The molecule has 0 fully saturated rings. The van der Waals surface area contributed by atoms with E-state index >= 15 is 0 Å². The van der Waals surface area contributed by atoms with Crippen LogP contribution in [-0.4, -0.2) is 26.7 Å². The highest BCUT2D eigenvalue weighted by Crippen LogP contribution is 2.50. The zero-order chi connectivity index (χ0) is 20.6. The smallest absolute Gasteiger partial charge is 0.224 e. The molecule has 0 N–H and O–H groups in total. The standard InChI is InChI=1S/C18H18F6O2S/c1-11-8-14(17(21,22)18(23,24)16(19)20)15(9-12(11)2)27(25,26)10-13-6-4-3-5-7-13/h3-7,16H,8-10H2,1-2H3. The minimum Gasteiger partial charge on any atom is -0.224 e. The molecular formula is C18H18F6O2S. The van der Waals surface area contributed by atoms with Gasteiger partial charge < -0.3 is 0 Å². The lowest BCUT2D eigenvalue weighted by atomic mass is 9.87. The Morgan fingerprint density at radius 2 is 1.48 bits per heavy atom. The van der Waals surface area contributed by atoms with Gasteiger partial charge in [0.05, 0.1) is 10.7 Å². The highest BCUT2D eigenvalue weighted by molar-refractivity contribution is 7.94. The van der Waals surface area contributed by atoms with E-state index in [4.69, 9.17) is 0 Å². The summed E-state index contributed by atoms with van der Waals surface area (Å²) in [4.78, 5) is -0.903. The van der Waals surface area contributed by atoms with Crippen molar-refractivity contribution in [1.82, 2.24) is 0 Å². The van der Waals surface area contributed by atoms with E-state index in [2.05, 4.69) is 0 Å². The highest BCUT2D eigenvalue weighted by atomic mass is 32.2. The summed E-state index contributed by atoms with van der Waals surface area (Å²) in [7, 11) is -4.42. The predicted octanol–water partition coefficient (Wildman–Crippen LogP) is 5.52. The largest absolute Gasteiger partial charge is 0.373 e. The summed E-state index contributed by atoms with van der Waals surface area (Å²) in [6.07, 6.45) is -5.94. The Balaban J connectivity index is 2.61. The van der Waals surface area contributed by atoms with E-state index in [-0.39, 0.29) is 11.1 Å². The maximum absolute atomic E-state index is 14.4. The number of hydrogen-bond donors (Lipinski definition) is 0. The van der Waals surface area contributed by atoms with Gasteiger partial charge in [0, 0.05) is 12.0 Å². The molecule has 1 aliphatic rings. The van der Waals surface area contributed by atoms with Crippen LogP contribution in [0.2, 0.25) is 0 Å². The van der Waals surface area contributed by atoms with Crippen LogP contribution in [0.15, 0.2) is 52.0 Å². The second kappa shape index (κ2) is 7.33. The van der Waals surface area contributed by atoms with Crippen molar-refractivity contribution >= 4 is 9.84 Å². The molecule has 150 valence electrons. The van der Waals surface area contributed by atoms with Gasteiger partial charge in [0.25, 0.3) is 0 Å². The van der Waals surface area contributed by atoms with Crippen LogP contribution in [0.1, 0.15) is 32.3 Å². The van der Waals surface area contributed by atoms with Gasteiger partial charge in [-0.2, -0.15) is 17.6 Å². The normalized spacial score (nSPS) is 17.1. The number of sulfone groups is 1. The third-order valence-corrected chi connectivity index (χ3v) is 6.43. The van der Waals surface area contributed by atoms with E-state index in [1.807, 2.05) is 0 Å². The average Bonchev–Trinajstić information content (AvgIpc) is 2.56. The summed E-state index contributed by atoms with van der Waals surface area (Å²) < 4.78 is 107. The third kappa shape index (κ3) is 4.07. The van der Waals surface area contributed by atoms with Crippen molar-refractivity contribution in [2.24, 2.45) is 0 Å². The molecule has 0 aromatic heterocycles. The Kier molecular flexibility index (Phi) is 5.85. The fraction of sp³-hybridized carbons (Fsp3) is 0.444. The fourth-order valence-corrected chi connectivity index (χ4v) is 4.63. The lowest BCUT2D eigenvalue weighted by Crippen LogP contribution is -2.48. The molecule has 0 amide bonds. The molecule has 0 saturated heterocycles. The number of rotatable bonds is 6. The molecule has 0 saturated carbocycles. The Morgan fingerprint density at radius 1 is 0.963 bits per heavy atom. The van der Waals surface area contributed by atoms with E-state index in [1.54, 1.807) is 6.07 Å². The Hall–Kier alpha value is -1.77. The number of alkyl halides is 6. The van der Waals surface area contributed by atoms with Crippen LogP contribution < -0.4 is 0 Å². The molecule has 0 aliphatic heterocycles. The van der Waals surface area contributed by atoms with Crippen LogP contribution in [0.4, 0.5) is 26.3 Å². The van der Waals surface area contributed by atoms with Crippen molar-refractivity contribution in [3.63, 3.8) is 0 Å². The first-order chi connectivity index (χ1) is 12.3. The minimum absolute atomic E-state index is 0.258. The fourth-order valence-electron chi connectivity index (χ4n) is 2.82. The highest BCUT2D eigenvalue weighted by Gasteiger charge is 2.65. The molecule has 0 unspecified atom stereocenters. The number of allylic oxidation sites excluding steroid dienone is 4. The summed E-state index contributed by atoms with van der Waals surface area (Å²) in [5.41, 5.74) is -0.487. The SMILES string of the molecule is CC1=C(C)CC(S(=O)(=O)Cc2ccccc2)=C(C(F)(F)C(F)(F)C(F)F)C1. The number of halogens is 6. The van der Waals surface area contributed by atoms with Gasteiger partial charge in [-0.25, -0.2) is 17.2 Å². The topological polar surface area (TPSA) is 34.1 Å². The van der Waals surface area contributed by atoms with Crippen molar-refractivity contribution in [2.75, 3.05) is 0 Å². The Labute approximate surface area is 153 Å². The van der Waals surface area contributed by atoms with Gasteiger partial charge in [0.1, 0.15) is 0 Å². The zero-order valence-electron chi connectivity index (χ0n) is 14.6. The molecule has 2 nitrogen and oxygen atoms in total. The van der Waals surface area contributed by atoms with Gasteiger partial charge in [-0.3, -0.25) is 0 Å². The molecule has 2 rings (SSSR count). The van der Waals surface area contributed by atoms with Crippen LogP contribution in [0.5, 0.6) is 0 Å². The van der Waals surface area contributed by atoms with E-state index in [0.717, 1.165) is 0 Å². The third-order valence-electron chi connectivity index (χ3n) is 4.58. The molecule has 0 radical (unpaired) electrons. The quantitative estimate of drug-likeness (QED) is 0.455. The van der Waals surface area contributed by atoms with E-state index in [1.165, 1.54) is 38.1 Å². The van der Waals surface area contributed by atoms with Gasteiger partial charge in [-0.05, 0) is 25.8 Å². The summed E-state index contributed by atoms with van der Waals surface area (Å²) in [6.45, 7) is 2.88. The van der Waals surface area contributed by atoms with Gasteiger partial charge in [0.2, 0.25) is 0 Å². The first kappa shape index (κ1) is 21.5. The molecule has 0 heterocycles. The van der Waals surface area contributed by atoms with E-state index in [0.29, 0.717) is 5.57 Å². The molecular weight excluding hydrogens is 394 g/mol. The lowest BCUT2D eigenvalue weighted by molar-refractivity contribution is -0.247. The maximum Gasteiger partial charge on any atom is 0.373 e. The molecule has 0 spiro atoms. The molecule has 0 bridgehead atoms. The Bertz CT molecular complexity index is 870. The second-order valence-corrected chi connectivity index (χ2v) is 8.57. The summed E-state index contributed by atoms with van der Waals surface area (Å²) in [5, 5.41) is 0. The second-order valence-electron chi connectivity index (χ2n) is 6.56. The van der Waals surface area contributed by atoms with Gasteiger partial charge in [-0.1, -0.05) is 41.5 Å². The monoisotopic (exact) mass is 412 g/mol. The summed E-state index contributed by atoms with van der Waals surface area (Å²) in [5.74, 6) is -11.7. The Morgan fingerprint density at radius 3 is 2.00 bits per heavy atom. The van der Waals surface area contributed by atoms with Crippen LogP contribution >= 0.6 is 0 Å². The number of benzene rings is 1. The molecule has 0 atom stereocenters. The molecule has 1 aromatic carbocycles. The van der Waals surface area contributed by atoms with Crippen molar-refractivity contribution in [1.29, 1.82) is 0 Å². The average molecular weight is 412 g/mol. The minimum atomic E-state index is -5.68. The van der Waals surface area contributed by atoms with Crippen molar-refractivity contribution < 1.29 is 34.8 Å². The van der Waals surface area contributed by atoms with Crippen molar-refractivity contribution in [3.8, 4) is 0 Å². The first-order valence-corrected chi connectivity index (χ1v) is 9.64. The van der Waals surface area contributed by atoms with E-state index < -0.39 is 57.2 Å². The van der Waals surface area contributed by atoms with Gasteiger partial charge >= 0.3 is 18.3 Å². The first-order valence-electron chi connectivity index (χ1n) is 7.99. The van der Waals surface area contributed by atoms with Crippen LogP contribution in [0.25, 0.3) is 0 Å². The molecule has 1 aromatic rings. The lowest BCUT2D eigenvalue weighted by Gasteiger charge is -2.32. The van der Waals surface area contributed by atoms with Crippen molar-refractivity contribution in [3.05, 3.63) is 57.5 Å². The summed E-state index contributed by atoms with van der Waals surface area (Å²) >= 11 is 0. The molecule has 1 aliphatic carbocycles. The van der Waals surface area contributed by atoms with E-state index in [9.17, 15) is 34.8 Å². The predicted molar refractivity (Wildman–Crippen MR) is 89.6 cm³/mol.